The number of hydrogen-bond donors (Lipinski definition) is 1. The number of rotatable bonds is 4. The maximum Gasteiger partial charge on any atom is 0.241 e. The number of hydrogen-bond acceptors (Lipinski definition) is 3. The Hall–Kier alpha value is -2.40. The summed E-state index contributed by atoms with van der Waals surface area (Å²) in [7, 11) is 1.89. The molecule has 1 aromatic carbocycles. The van der Waals surface area contributed by atoms with Crippen LogP contribution in [-0.2, 0) is 11.8 Å². The molecule has 0 radical (unpaired) electrons. The minimum Gasteiger partial charge on any atom is -0.322 e. The second kappa shape index (κ2) is 7.23. The van der Waals surface area contributed by atoms with Crippen LogP contribution in [0.1, 0.15) is 30.3 Å². The van der Waals surface area contributed by atoms with E-state index in [1.54, 1.807) is 4.68 Å². The molecule has 1 N–H and O–H groups in total. The van der Waals surface area contributed by atoms with E-state index in [9.17, 15) is 4.79 Å². The number of carbonyl (C=O) groups excluding carboxylic acids is 1. The highest BCUT2D eigenvalue weighted by atomic mass is 16.2. The first-order chi connectivity index (χ1) is 12.0. The van der Waals surface area contributed by atoms with Crippen LogP contribution in [0.5, 0.6) is 0 Å². The molecule has 1 amide bonds. The third-order valence-corrected chi connectivity index (χ3v) is 5.07. The van der Waals surface area contributed by atoms with Gasteiger partial charge in [-0.3, -0.25) is 14.4 Å². The molecule has 5 nitrogen and oxygen atoms in total. The first-order valence-corrected chi connectivity index (χ1v) is 8.77. The molecule has 0 spiro atoms. The summed E-state index contributed by atoms with van der Waals surface area (Å²) in [6, 6.07) is 10.3. The van der Waals surface area contributed by atoms with Gasteiger partial charge >= 0.3 is 0 Å². The maximum absolute atomic E-state index is 12.7. The van der Waals surface area contributed by atoms with Gasteiger partial charge in [0.15, 0.2) is 0 Å². The second-order valence-electron chi connectivity index (χ2n) is 6.67. The van der Waals surface area contributed by atoms with Crippen LogP contribution in [0, 0.1) is 13.8 Å². The summed E-state index contributed by atoms with van der Waals surface area (Å²) in [4.78, 5) is 14.9. The van der Waals surface area contributed by atoms with Crippen LogP contribution < -0.4 is 5.32 Å². The van der Waals surface area contributed by atoms with Gasteiger partial charge < -0.3 is 5.32 Å². The van der Waals surface area contributed by atoms with Crippen molar-refractivity contribution in [2.45, 2.75) is 33.2 Å². The van der Waals surface area contributed by atoms with Gasteiger partial charge in [-0.05, 0) is 38.3 Å². The van der Waals surface area contributed by atoms with Crippen LogP contribution in [0.15, 0.2) is 36.4 Å². The van der Waals surface area contributed by atoms with Crippen molar-refractivity contribution >= 4 is 17.2 Å². The number of benzene rings is 1. The fourth-order valence-electron chi connectivity index (χ4n) is 3.30. The SMILES string of the molecule is Cc1nn(C)c(C)c1NC(=O)[C@H](C)N1CC=C(c2ccccc2)CC1. The summed E-state index contributed by atoms with van der Waals surface area (Å²) in [6.45, 7) is 7.54. The normalized spacial score (nSPS) is 16.4. The summed E-state index contributed by atoms with van der Waals surface area (Å²) in [5.74, 6) is 0.0239. The number of amides is 1. The molecule has 1 aliphatic heterocycles. The van der Waals surface area contributed by atoms with E-state index in [1.165, 1.54) is 11.1 Å². The Balaban J connectivity index is 1.65. The van der Waals surface area contributed by atoms with Crippen LogP contribution in [0.2, 0.25) is 0 Å². The van der Waals surface area contributed by atoms with Crippen molar-refractivity contribution in [3.05, 3.63) is 53.4 Å². The Kier molecular flexibility index (Phi) is 5.04. The average Bonchev–Trinajstić information content (AvgIpc) is 2.88. The molecule has 0 bridgehead atoms. The molecule has 3 rings (SSSR count). The van der Waals surface area contributed by atoms with E-state index >= 15 is 0 Å². The van der Waals surface area contributed by atoms with Crippen LogP contribution in [0.4, 0.5) is 5.69 Å². The van der Waals surface area contributed by atoms with Crippen molar-refractivity contribution in [3.63, 3.8) is 0 Å². The van der Waals surface area contributed by atoms with E-state index in [1.807, 2.05) is 33.9 Å². The van der Waals surface area contributed by atoms with E-state index in [-0.39, 0.29) is 11.9 Å². The van der Waals surface area contributed by atoms with Gasteiger partial charge in [-0.25, -0.2) is 0 Å². The molecule has 2 heterocycles. The maximum atomic E-state index is 12.7. The number of nitrogens with one attached hydrogen (secondary N) is 1. The van der Waals surface area contributed by atoms with Crippen molar-refractivity contribution < 1.29 is 4.79 Å². The monoisotopic (exact) mass is 338 g/mol. The van der Waals surface area contributed by atoms with Crippen LogP contribution in [-0.4, -0.2) is 39.7 Å². The van der Waals surface area contributed by atoms with Crippen molar-refractivity contribution in [1.29, 1.82) is 0 Å². The summed E-state index contributed by atoms with van der Waals surface area (Å²) in [6.07, 6.45) is 3.20. The molecular formula is C20H26N4O. The third-order valence-electron chi connectivity index (χ3n) is 5.07. The second-order valence-corrected chi connectivity index (χ2v) is 6.67. The predicted molar refractivity (Wildman–Crippen MR) is 101 cm³/mol. The molecule has 1 atom stereocenters. The van der Waals surface area contributed by atoms with Gasteiger partial charge in [0.2, 0.25) is 5.91 Å². The lowest BCUT2D eigenvalue weighted by Crippen LogP contribution is -2.44. The largest absolute Gasteiger partial charge is 0.322 e. The zero-order valence-electron chi connectivity index (χ0n) is 15.4. The van der Waals surface area contributed by atoms with Crippen LogP contribution in [0.25, 0.3) is 5.57 Å². The van der Waals surface area contributed by atoms with Crippen molar-refractivity contribution in [3.8, 4) is 0 Å². The van der Waals surface area contributed by atoms with E-state index in [0.29, 0.717) is 0 Å². The molecule has 132 valence electrons. The third kappa shape index (κ3) is 3.66. The minimum atomic E-state index is -0.174. The van der Waals surface area contributed by atoms with Gasteiger partial charge in [-0.1, -0.05) is 36.4 Å². The number of aromatic nitrogens is 2. The Morgan fingerprint density at radius 2 is 1.96 bits per heavy atom. The molecule has 2 aromatic rings. The predicted octanol–water partition coefficient (Wildman–Crippen LogP) is 3.15. The Morgan fingerprint density at radius 1 is 1.24 bits per heavy atom. The van der Waals surface area contributed by atoms with Crippen LogP contribution >= 0.6 is 0 Å². The van der Waals surface area contributed by atoms with Gasteiger partial charge in [0.05, 0.1) is 23.1 Å². The summed E-state index contributed by atoms with van der Waals surface area (Å²) in [5.41, 5.74) is 5.30. The van der Waals surface area contributed by atoms with E-state index in [4.69, 9.17) is 0 Å². The first kappa shape index (κ1) is 17.4. The smallest absolute Gasteiger partial charge is 0.241 e. The quantitative estimate of drug-likeness (QED) is 0.932. The molecule has 0 saturated heterocycles. The number of aryl methyl sites for hydroxylation is 2. The molecule has 0 saturated carbocycles. The standard InChI is InChI=1S/C20H26N4O/c1-14-19(15(2)23(4)22-14)21-20(25)16(3)24-12-10-18(11-13-24)17-8-6-5-7-9-17/h5-10,16H,11-13H2,1-4H3,(H,21,25)/t16-/m0/s1. The van der Waals surface area contributed by atoms with E-state index in [2.05, 4.69) is 45.7 Å². The lowest BCUT2D eigenvalue weighted by Gasteiger charge is -2.31. The molecular weight excluding hydrogens is 312 g/mol. The summed E-state index contributed by atoms with van der Waals surface area (Å²) >= 11 is 0. The van der Waals surface area contributed by atoms with Crippen molar-refractivity contribution in [2.24, 2.45) is 7.05 Å². The number of carbonyl (C=O) groups is 1. The molecule has 1 aromatic heterocycles. The highest BCUT2D eigenvalue weighted by molar-refractivity contribution is 5.95. The van der Waals surface area contributed by atoms with Gasteiger partial charge in [0.25, 0.3) is 0 Å². The molecule has 25 heavy (non-hydrogen) atoms. The van der Waals surface area contributed by atoms with Crippen molar-refractivity contribution in [2.75, 3.05) is 18.4 Å². The van der Waals surface area contributed by atoms with E-state index < -0.39 is 0 Å². The topological polar surface area (TPSA) is 50.2 Å². The van der Waals surface area contributed by atoms with Crippen LogP contribution in [0.3, 0.4) is 0 Å². The zero-order valence-corrected chi connectivity index (χ0v) is 15.4. The summed E-state index contributed by atoms with van der Waals surface area (Å²) in [5, 5.41) is 7.41. The highest BCUT2D eigenvalue weighted by Crippen LogP contribution is 2.24. The Bertz CT molecular complexity index is 792. The van der Waals surface area contributed by atoms with Gasteiger partial charge in [0.1, 0.15) is 0 Å². The summed E-state index contributed by atoms with van der Waals surface area (Å²) < 4.78 is 1.80. The molecule has 0 aliphatic carbocycles. The lowest BCUT2D eigenvalue weighted by atomic mass is 9.99. The molecule has 1 aliphatic rings. The Morgan fingerprint density at radius 3 is 2.52 bits per heavy atom. The average molecular weight is 338 g/mol. The first-order valence-electron chi connectivity index (χ1n) is 8.77. The Labute approximate surface area is 149 Å². The van der Waals surface area contributed by atoms with Gasteiger partial charge in [-0.15, -0.1) is 0 Å². The lowest BCUT2D eigenvalue weighted by molar-refractivity contribution is -0.120. The minimum absolute atomic E-state index is 0.0239. The van der Waals surface area contributed by atoms with Gasteiger partial charge in [0, 0.05) is 20.1 Å². The fourth-order valence-corrected chi connectivity index (χ4v) is 3.30. The fraction of sp³-hybridized carbons (Fsp3) is 0.400. The van der Waals surface area contributed by atoms with Gasteiger partial charge in [-0.2, -0.15) is 5.10 Å². The molecule has 5 heteroatoms. The number of nitrogens with zero attached hydrogens (tertiary/aromatic N) is 3. The van der Waals surface area contributed by atoms with Crippen molar-refractivity contribution in [1.82, 2.24) is 14.7 Å². The van der Waals surface area contributed by atoms with E-state index in [0.717, 1.165) is 36.6 Å². The molecule has 0 fully saturated rings. The zero-order chi connectivity index (χ0) is 18.0. The highest BCUT2D eigenvalue weighted by Gasteiger charge is 2.24. The number of anilines is 1. The molecule has 0 unspecified atom stereocenters.